The van der Waals surface area contributed by atoms with Gasteiger partial charge in [0.2, 0.25) is 0 Å². The maximum Gasteiger partial charge on any atom is 0.184 e. The number of thiocarbonyl (C=S) groups is 1. The van der Waals surface area contributed by atoms with E-state index >= 15 is 0 Å². The van der Waals surface area contributed by atoms with Crippen LogP contribution in [0.15, 0.2) is 28.2 Å². The number of nitrogens with zero attached hydrogens (tertiary/aromatic N) is 1. The summed E-state index contributed by atoms with van der Waals surface area (Å²) in [4.78, 5) is 0.0821. The monoisotopic (exact) mass is 287 g/mol. The molecule has 3 N–H and O–H groups in total. The summed E-state index contributed by atoms with van der Waals surface area (Å²) in [6, 6.07) is 3.50. The van der Waals surface area contributed by atoms with Crippen LogP contribution < -0.4 is 11.2 Å². The van der Waals surface area contributed by atoms with Crippen molar-refractivity contribution >= 4 is 32.9 Å². The number of hydrazone groups is 1. The summed E-state index contributed by atoms with van der Waals surface area (Å²) in [5.41, 5.74) is 8.29. The number of fused-ring (bicyclic) bond motifs is 1. The molecule has 0 unspecified atom stereocenters. The van der Waals surface area contributed by atoms with Crippen molar-refractivity contribution in [3.8, 4) is 0 Å². The number of rotatable bonds is 1. The van der Waals surface area contributed by atoms with Crippen molar-refractivity contribution in [3.63, 3.8) is 0 Å². The van der Waals surface area contributed by atoms with E-state index in [4.69, 9.17) is 5.73 Å². The molecule has 1 aromatic carbocycles. The molecule has 0 bridgehead atoms. The van der Waals surface area contributed by atoms with Gasteiger partial charge in [-0.3, -0.25) is 5.43 Å². The van der Waals surface area contributed by atoms with Gasteiger partial charge in [-0.2, -0.15) is 5.10 Å². The topological polar surface area (TPSA) is 84.5 Å². The lowest BCUT2D eigenvalue weighted by atomic mass is 10.1. The zero-order valence-corrected chi connectivity index (χ0v) is 10.8. The van der Waals surface area contributed by atoms with Crippen LogP contribution in [-0.4, -0.2) is 25.0 Å². The van der Waals surface area contributed by atoms with Gasteiger partial charge in [0.1, 0.15) is 5.82 Å². The van der Waals surface area contributed by atoms with E-state index in [9.17, 15) is 12.8 Å². The first kappa shape index (κ1) is 12.9. The minimum Gasteiger partial charge on any atom is -0.375 e. The molecule has 0 saturated heterocycles. The predicted molar refractivity (Wildman–Crippen MR) is 69.5 cm³/mol. The molecule has 1 aromatic rings. The van der Waals surface area contributed by atoms with Crippen molar-refractivity contribution < 1.29 is 12.8 Å². The van der Waals surface area contributed by atoms with Gasteiger partial charge in [0.05, 0.1) is 16.4 Å². The number of nitrogens with two attached hydrogens (primary N) is 1. The van der Waals surface area contributed by atoms with Crippen LogP contribution in [0.5, 0.6) is 0 Å². The third-order valence-corrected chi connectivity index (χ3v) is 4.36. The average molecular weight is 287 g/mol. The molecule has 18 heavy (non-hydrogen) atoms. The number of halogens is 1. The molecule has 96 valence electrons. The van der Waals surface area contributed by atoms with Crippen molar-refractivity contribution in [1.82, 2.24) is 5.43 Å². The summed E-state index contributed by atoms with van der Waals surface area (Å²) in [6.45, 7) is 0. The fourth-order valence-corrected chi connectivity index (χ4v) is 3.23. The lowest BCUT2D eigenvalue weighted by Crippen LogP contribution is -2.28. The molecule has 0 radical (unpaired) electrons. The fourth-order valence-electron chi connectivity index (χ4n) is 1.71. The van der Waals surface area contributed by atoms with Gasteiger partial charge in [0.15, 0.2) is 14.9 Å². The molecule has 0 atom stereocenters. The van der Waals surface area contributed by atoms with Gasteiger partial charge in [-0.25, -0.2) is 12.8 Å². The maximum absolute atomic E-state index is 13.2. The molecule has 0 aromatic heterocycles. The Morgan fingerprint density at radius 1 is 1.50 bits per heavy atom. The van der Waals surface area contributed by atoms with Gasteiger partial charge in [-0.1, -0.05) is 0 Å². The van der Waals surface area contributed by atoms with Gasteiger partial charge < -0.3 is 5.73 Å². The van der Waals surface area contributed by atoms with E-state index in [0.717, 1.165) is 12.1 Å². The molecular formula is C10H10FN3O2S2. The molecule has 1 heterocycles. The Kier molecular flexibility index (Phi) is 3.31. The Labute approximate surface area is 109 Å². The molecule has 0 fully saturated rings. The molecule has 1 aliphatic rings. The molecule has 5 nitrogen and oxygen atoms in total. The number of hydrogen-bond acceptors (Lipinski definition) is 4. The highest BCUT2D eigenvalue weighted by Crippen LogP contribution is 2.25. The summed E-state index contributed by atoms with van der Waals surface area (Å²) in [5, 5.41) is 3.87. The standard InChI is InChI=1S/C10H10FN3O2S2/c11-6-1-2-9-7(5-6)8(13-14-10(12)17)3-4-18(9,15)16/h1-2,5H,3-4H2,(H3,12,14,17)/b13-8+. The Morgan fingerprint density at radius 2 is 2.22 bits per heavy atom. The predicted octanol–water partition coefficient (Wildman–Crippen LogP) is 0.540. The zero-order chi connectivity index (χ0) is 13.3. The second-order valence-electron chi connectivity index (χ2n) is 3.74. The van der Waals surface area contributed by atoms with Crippen LogP contribution >= 0.6 is 12.2 Å². The molecule has 8 heteroatoms. The minimum absolute atomic E-state index is 0.0334. The SMILES string of the molecule is NC(=S)N/N=C1\CCS(=O)(=O)c2ccc(F)cc21. The summed E-state index contributed by atoms with van der Waals surface area (Å²) in [6.07, 6.45) is 0.189. The second-order valence-corrected chi connectivity index (χ2v) is 6.26. The largest absolute Gasteiger partial charge is 0.375 e. The van der Waals surface area contributed by atoms with E-state index in [1.165, 1.54) is 6.07 Å². The van der Waals surface area contributed by atoms with Crippen molar-refractivity contribution in [3.05, 3.63) is 29.6 Å². The first-order valence-corrected chi connectivity index (χ1v) is 7.11. The quantitative estimate of drug-likeness (QED) is 0.447. The zero-order valence-electron chi connectivity index (χ0n) is 9.18. The molecule has 0 saturated carbocycles. The third kappa shape index (κ3) is 2.49. The van der Waals surface area contributed by atoms with Gasteiger partial charge >= 0.3 is 0 Å². The molecule has 0 aliphatic carbocycles. The lowest BCUT2D eigenvalue weighted by molar-refractivity contribution is 0.592. The van der Waals surface area contributed by atoms with Crippen molar-refractivity contribution in [2.24, 2.45) is 10.8 Å². The Hall–Kier alpha value is -1.54. The maximum atomic E-state index is 13.2. The van der Waals surface area contributed by atoms with Crippen LogP contribution in [0.25, 0.3) is 0 Å². The normalized spacial score (nSPS) is 19.3. The van der Waals surface area contributed by atoms with Gasteiger partial charge in [0, 0.05) is 12.0 Å². The summed E-state index contributed by atoms with van der Waals surface area (Å²) >= 11 is 4.60. The minimum atomic E-state index is -3.37. The molecule has 0 spiro atoms. The molecular weight excluding hydrogens is 277 g/mol. The van der Waals surface area contributed by atoms with Crippen LogP contribution in [0.1, 0.15) is 12.0 Å². The highest BCUT2D eigenvalue weighted by atomic mass is 32.2. The fraction of sp³-hybridized carbons (Fsp3) is 0.200. The molecule has 0 amide bonds. The summed E-state index contributed by atoms with van der Waals surface area (Å²) in [7, 11) is -3.37. The van der Waals surface area contributed by atoms with Gasteiger partial charge in [-0.15, -0.1) is 0 Å². The van der Waals surface area contributed by atoms with Gasteiger partial charge in [0.25, 0.3) is 0 Å². The van der Waals surface area contributed by atoms with E-state index < -0.39 is 15.7 Å². The second kappa shape index (κ2) is 4.62. The number of sulfone groups is 1. The summed E-state index contributed by atoms with van der Waals surface area (Å²) in [5.74, 6) is -0.586. The van der Waals surface area contributed by atoms with Crippen molar-refractivity contribution in [1.29, 1.82) is 0 Å². The molecule has 2 rings (SSSR count). The average Bonchev–Trinajstić information content (AvgIpc) is 2.27. The van der Waals surface area contributed by atoms with E-state index in [2.05, 4.69) is 22.7 Å². The Bertz CT molecular complexity index is 641. The molecule has 1 aliphatic heterocycles. The highest BCUT2D eigenvalue weighted by Gasteiger charge is 2.28. The number of hydrogen-bond donors (Lipinski definition) is 2. The Morgan fingerprint density at radius 3 is 2.89 bits per heavy atom. The Balaban J connectivity index is 2.54. The van der Waals surface area contributed by atoms with E-state index in [1.807, 2.05) is 0 Å². The first-order chi connectivity index (χ1) is 8.40. The van der Waals surface area contributed by atoms with E-state index in [0.29, 0.717) is 5.71 Å². The van der Waals surface area contributed by atoms with E-state index in [1.54, 1.807) is 0 Å². The van der Waals surface area contributed by atoms with Crippen LogP contribution in [0, 0.1) is 5.82 Å². The lowest BCUT2D eigenvalue weighted by Gasteiger charge is -2.18. The number of benzene rings is 1. The summed E-state index contributed by atoms with van der Waals surface area (Å²) < 4.78 is 36.8. The smallest absolute Gasteiger partial charge is 0.184 e. The van der Waals surface area contributed by atoms with Gasteiger partial charge in [-0.05, 0) is 30.4 Å². The van der Waals surface area contributed by atoms with Crippen LogP contribution in [-0.2, 0) is 9.84 Å². The first-order valence-electron chi connectivity index (χ1n) is 5.05. The third-order valence-electron chi connectivity index (χ3n) is 2.50. The number of nitrogens with one attached hydrogen (secondary N) is 1. The van der Waals surface area contributed by atoms with Crippen molar-refractivity contribution in [2.45, 2.75) is 11.3 Å². The van der Waals surface area contributed by atoms with E-state index in [-0.39, 0.29) is 27.7 Å². The highest BCUT2D eigenvalue weighted by molar-refractivity contribution is 7.91. The van der Waals surface area contributed by atoms with Crippen molar-refractivity contribution in [2.75, 3.05) is 5.75 Å². The van der Waals surface area contributed by atoms with Crippen LogP contribution in [0.4, 0.5) is 4.39 Å². The van der Waals surface area contributed by atoms with Crippen LogP contribution in [0.2, 0.25) is 0 Å². The van der Waals surface area contributed by atoms with Crippen LogP contribution in [0.3, 0.4) is 0 Å².